The molecule has 3 aromatic rings. The Balaban J connectivity index is 0.000000924. The molecule has 0 saturated heterocycles. The number of hydrogen-bond donors (Lipinski definition) is 0. The van der Waals surface area contributed by atoms with E-state index >= 15 is 0 Å². The molecule has 0 N–H and O–H groups in total. The zero-order valence-electron chi connectivity index (χ0n) is 14.3. The second-order valence-electron chi connectivity index (χ2n) is 5.13. The predicted molar refractivity (Wildman–Crippen MR) is 100.0 cm³/mol. The van der Waals surface area contributed by atoms with Gasteiger partial charge < -0.3 is 4.74 Å². The number of ether oxygens (including phenoxy) is 1. The monoisotopic (exact) mass is 304 g/mol. The molecule has 0 aliphatic carbocycles. The van der Waals surface area contributed by atoms with Gasteiger partial charge in [-0.3, -0.25) is 0 Å². The van der Waals surface area contributed by atoms with Gasteiger partial charge in [0.2, 0.25) is 0 Å². The van der Waals surface area contributed by atoms with Crippen LogP contribution in [0, 0.1) is 6.92 Å². The summed E-state index contributed by atoms with van der Waals surface area (Å²) in [6.07, 6.45) is 0. The maximum atomic E-state index is 5.74. The van der Waals surface area contributed by atoms with Gasteiger partial charge in [0.15, 0.2) is 0 Å². The van der Waals surface area contributed by atoms with Crippen LogP contribution in [0.4, 0.5) is 0 Å². The summed E-state index contributed by atoms with van der Waals surface area (Å²) in [4.78, 5) is 0. The smallest absolute Gasteiger partial charge is 0.134 e. The average molecular weight is 304 g/mol. The van der Waals surface area contributed by atoms with Crippen molar-refractivity contribution in [2.24, 2.45) is 0 Å². The van der Waals surface area contributed by atoms with Gasteiger partial charge in [0, 0.05) is 11.1 Å². The highest BCUT2D eigenvalue weighted by atomic mass is 16.5. The Labute approximate surface area is 139 Å². The summed E-state index contributed by atoms with van der Waals surface area (Å²) < 4.78 is 5.74. The number of hydrogen-bond acceptors (Lipinski definition) is 1. The van der Waals surface area contributed by atoms with E-state index in [4.69, 9.17) is 4.74 Å². The fourth-order valence-electron chi connectivity index (χ4n) is 2.66. The summed E-state index contributed by atoms with van der Waals surface area (Å²) in [5, 5.41) is 0. The first-order valence-corrected chi connectivity index (χ1v) is 8.09. The molecule has 1 nitrogen and oxygen atoms in total. The molecule has 0 radical (unpaired) electrons. The molecule has 0 atom stereocenters. The van der Waals surface area contributed by atoms with Crippen molar-refractivity contribution in [3.05, 3.63) is 78.4 Å². The van der Waals surface area contributed by atoms with Crippen molar-refractivity contribution in [1.29, 1.82) is 0 Å². The summed E-state index contributed by atoms with van der Waals surface area (Å²) in [6.45, 7) is 6.12. The third-order valence-electron chi connectivity index (χ3n) is 3.61. The van der Waals surface area contributed by atoms with Crippen molar-refractivity contribution in [3.63, 3.8) is 0 Å². The molecule has 3 rings (SSSR count). The van der Waals surface area contributed by atoms with E-state index in [1.54, 1.807) is 7.11 Å². The van der Waals surface area contributed by atoms with Crippen LogP contribution < -0.4 is 4.74 Å². The summed E-state index contributed by atoms with van der Waals surface area (Å²) in [5.41, 5.74) is 5.85. The number of rotatable bonds is 3. The van der Waals surface area contributed by atoms with E-state index in [-0.39, 0.29) is 0 Å². The highest BCUT2D eigenvalue weighted by Crippen LogP contribution is 2.39. The van der Waals surface area contributed by atoms with Crippen molar-refractivity contribution in [2.75, 3.05) is 7.11 Å². The second kappa shape index (κ2) is 8.19. The maximum Gasteiger partial charge on any atom is 0.134 e. The molecule has 0 unspecified atom stereocenters. The maximum absolute atomic E-state index is 5.74. The standard InChI is InChI=1S/C20H18O.C2H6/c1-15-13-18(16-9-5-3-6-10-16)20(21-2)19(14-15)17-11-7-4-8-12-17;1-2/h3-14H,1-2H3;1-2H3. The molecule has 0 spiro atoms. The molecule has 1 heteroatoms. The predicted octanol–water partition coefficient (Wildman–Crippen LogP) is 6.36. The Bertz CT molecular complexity index is 670. The van der Waals surface area contributed by atoms with Gasteiger partial charge in [0.1, 0.15) is 5.75 Å². The van der Waals surface area contributed by atoms with Gasteiger partial charge >= 0.3 is 0 Å². The molecular formula is C22H24O. The first kappa shape index (κ1) is 16.8. The normalized spacial score (nSPS) is 9.74. The minimum Gasteiger partial charge on any atom is -0.495 e. The minimum atomic E-state index is 0.929. The zero-order valence-corrected chi connectivity index (χ0v) is 14.3. The molecular weight excluding hydrogens is 280 g/mol. The van der Waals surface area contributed by atoms with Crippen LogP contribution in [0.2, 0.25) is 0 Å². The van der Waals surface area contributed by atoms with E-state index in [9.17, 15) is 0 Å². The highest BCUT2D eigenvalue weighted by Gasteiger charge is 2.13. The lowest BCUT2D eigenvalue weighted by molar-refractivity contribution is 0.418. The van der Waals surface area contributed by atoms with Crippen LogP contribution >= 0.6 is 0 Å². The van der Waals surface area contributed by atoms with Crippen LogP contribution in [0.1, 0.15) is 19.4 Å². The summed E-state index contributed by atoms with van der Waals surface area (Å²) >= 11 is 0. The van der Waals surface area contributed by atoms with Crippen LogP contribution in [0.15, 0.2) is 72.8 Å². The van der Waals surface area contributed by atoms with Crippen molar-refractivity contribution in [2.45, 2.75) is 20.8 Å². The Morgan fingerprint density at radius 2 is 1.04 bits per heavy atom. The van der Waals surface area contributed by atoms with Gasteiger partial charge in [0.25, 0.3) is 0 Å². The van der Waals surface area contributed by atoms with Crippen molar-refractivity contribution in [1.82, 2.24) is 0 Å². The van der Waals surface area contributed by atoms with Crippen LogP contribution in [-0.4, -0.2) is 7.11 Å². The molecule has 0 aliphatic heterocycles. The van der Waals surface area contributed by atoms with Crippen molar-refractivity contribution in [3.8, 4) is 28.0 Å². The lowest BCUT2D eigenvalue weighted by Crippen LogP contribution is -1.93. The van der Waals surface area contributed by atoms with Crippen LogP contribution in [0.5, 0.6) is 5.75 Å². The Morgan fingerprint density at radius 1 is 0.652 bits per heavy atom. The molecule has 0 saturated carbocycles. The van der Waals surface area contributed by atoms with Gasteiger partial charge in [-0.25, -0.2) is 0 Å². The topological polar surface area (TPSA) is 9.23 Å². The number of benzene rings is 3. The lowest BCUT2D eigenvalue weighted by Gasteiger charge is -2.15. The van der Waals surface area contributed by atoms with Crippen LogP contribution in [-0.2, 0) is 0 Å². The zero-order chi connectivity index (χ0) is 16.7. The Hall–Kier alpha value is -2.54. The van der Waals surface area contributed by atoms with Gasteiger partial charge in [-0.15, -0.1) is 0 Å². The largest absolute Gasteiger partial charge is 0.495 e. The highest BCUT2D eigenvalue weighted by molar-refractivity contribution is 5.83. The van der Waals surface area contributed by atoms with E-state index in [1.165, 1.54) is 16.7 Å². The summed E-state index contributed by atoms with van der Waals surface area (Å²) in [5.74, 6) is 0.929. The molecule has 3 aromatic carbocycles. The molecule has 0 aromatic heterocycles. The number of aryl methyl sites for hydroxylation is 1. The van der Waals surface area contributed by atoms with Crippen molar-refractivity contribution < 1.29 is 4.74 Å². The van der Waals surface area contributed by atoms with Crippen molar-refractivity contribution >= 4 is 0 Å². The molecule has 0 heterocycles. The average Bonchev–Trinajstić information content (AvgIpc) is 2.64. The molecule has 23 heavy (non-hydrogen) atoms. The third-order valence-corrected chi connectivity index (χ3v) is 3.61. The minimum absolute atomic E-state index is 0.929. The first-order chi connectivity index (χ1) is 11.3. The summed E-state index contributed by atoms with van der Waals surface area (Å²) in [7, 11) is 1.74. The molecule has 0 amide bonds. The first-order valence-electron chi connectivity index (χ1n) is 8.09. The fraction of sp³-hybridized carbons (Fsp3) is 0.182. The van der Waals surface area contributed by atoms with Crippen LogP contribution in [0.3, 0.4) is 0 Å². The molecule has 0 fully saturated rings. The van der Waals surface area contributed by atoms with Crippen LogP contribution in [0.25, 0.3) is 22.3 Å². The Kier molecular flexibility index (Phi) is 5.99. The second-order valence-corrected chi connectivity index (χ2v) is 5.13. The van der Waals surface area contributed by atoms with E-state index in [1.807, 2.05) is 26.0 Å². The molecule has 0 aliphatic rings. The van der Waals surface area contributed by atoms with Gasteiger partial charge in [-0.05, 0) is 35.7 Å². The van der Waals surface area contributed by atoms with Gasteiger partial charge in [-0.2, -0.15) is 0 Å². The number of methoxy groups -OCH3 is 1. The summed E-state index contributed by atoms with van der Waals surface area (Å²) in [6, 6.07) is 25.1. The van der Waals surface area contributed by atoms with E-state index in [0.29, 0.717) is 0 Å². The third kappa shape index (κ3) is 3.81. The van der Waals surface area contributed by atoms with E-state index in [0.717, 1.165) is 16.9 Å². The van der Waals surface area contributed by atoms with Gasteiger partial charge in [0.05, 0.1) is 7.11 Å². The lowest BCUT2D eigenvalue weighted by atomic mass is 9.95. The fourth-order valence-corrected chi connectivity index (χ4v) is 2.66. The molecule has 118 valence electrons. The Morgan fingerprint density at radius 3 is 1.39 bits per heavy atom. The molecule has 0 bridgehead atoms. The van der Waals surface area contributed by atoms with E-state index < -0.39 is 0 Å². The SMILES string of the molecule is CC.COc1c(-c2ccccc2)cc(C)cc1-c1ccccc1. The van der Waals surface area contributed by atoms with E-state index in [2.05, 4.69) is 67.6 Å². The quantitative estimate of drug-likeness (QED) is 0.546. The van der Waals surface area contributed by atoms with Gasteiger partial charge in [-0.1, -0.05) is 74.5 Å².